The van der Waals surface area contributed by atoms with E-state index in [1.54, 1.807) is 24.3 Å². The van der Waals surface area contributed by atoms with Crippen LogP contribution in [0.15, 0.2) is 45.6 Å². The minimum absolute atomic E-state index is 0.0966. The van der Waals surface area contributed by atoms with Crippen molar-refractivity contribution in [2.45, 2.75) is 68.3 Å². The van der Waals surface area contributed by atoms with Crippen LogP contribution in [-0.2, 0) is 14.2 Å². The third-order valence-electron chi connectivity index (χ3n) is 7.64. The average molecular weight is 623 g/mol. The first kappa shape index (κ1) is 31.9. The molecule has 1 aromatic heterocycles. The lowest BCUT2D eigenvalue weighted by Crippen LogP contribution is -2.61. The van der Waals surface area contributed by atoms with E-state index in [1.165, 1.54) is 33.3 Å². The second kappa shape index (κ2) is 12.8. The predicted molar refractivity (Wildman–Crippen MR) is 148 cm³/mol. The average Bonchev–Trinajstić information content (AvgIpc) is 3.01. The summed E-state index contributed by atoms with van der Waals surface area (Å²) in [7, 11) is 2.72. The minimum atomic E-state index is -1.81. The fraction of sp³-hybridized carbons (Fsp3) is 0.483. The summed E-state index contributed by atoms with van der Waals surface area (Å²) in [5, 5.41) is 72.6. The van der Waals surface area contributed by atoms with Crippen molar-refractivity contribution in [1.82, 2.24) is 0 Å². The van der Waals surface area contributed by atoms with Gasteiger partial charge in [0.2, 0.25) is 12.0 Å². The molecule has 0 bridgehead atoms. The SMILES string of the molecule is COc1ccc(-c2cc(=O)c3c(O)c(OC)c(OC4OC(COC5OC(C)C(O)C(O)C5O)C(O)C(O)C4O)cc3o2)cc1. The van der Waals surface area contributed by atoms with E-state index in [9.17, 15) is 40.5 Å². The summed E-state index contributed by atoms with van der Waals surface area (Å²) < 4.78 is 38.7. The first-order valence-corrected chi connectivity index (χ1v) is 13.6. The van der Waals surface area contributed by atoms with Crippen molar-refractivity contribution < 1.29 is 68.6 Å². The fourth-order valence-electron chi connectivity index (χ4n) is 5.06. The number of ether oxygens (including phenoxy) is 6. The highest BCUT2D eigenvalue weighted by Gasteiger charge is 2.47. The zero-order valence-electron chi connectivity index (χ0n) is 23.8. The lowest BCUT2D eigenvalue weighted by atomic mass is 9.98. The molecular weight excluding hydrogens is 588 g/mol. The summed E-state index contributed by atoms with van der Waals surface area (Å²) in [5.74, 6) is -0.391. The number of hydrogen-bond acceptors (Lipinski definition) is 15. The van der Waals surface area contributed by atoms with Gasteiger partial charge in [-0.1, -0.05) is 0 Å². The van der Waals surface area contributed by atoms with E-state index in [2.05, 4.69) is 0 Å². The lowest BCUT2D eigenvalue weighted by Gasteiger charge is -2.42. The molecule has 5 rings (SSSR count). The van der Waals surface area contributed by atoms with E-state index >= 15 is 0 Å². The number of benzene rings is 2. The Bertz CT molecular complexity index is 1510. The zero-order valence-corrected chi connectivity index (χ0v) is 23.8. The van der Waals surface area contributed by atoms with E-state index < -0.39 is 79.2 Å². The quantitative estimate of drug-likeness (QED) is 0.163. The second-order valence-corrected chi connectivity index (χ2v) is 10.5. The van der Waals surface area contributed by atoms with Gasteiger partial charge in [0.25, 0.3) is 0 Å². The number of rotatable bonds is 8. The number of fused-ring (bicyclic) bond motifs is 1. The van der Waals surface area contributed by atoms with Crippen LogP contribution in [0.1, 0.15) is 6.92 Å². The van der Waals surface area contributed by atoms with Crippen LogP contribution < -0.4 is 19.6 Å². The highest BCUT2D eigenvalue weighted by molar-refractivity contribution is 5.89. The minimum Gasteiger partial charge on any atom is -0.504 e. The van der Waals surface area contributed by atoms with Crippen LogP contribution in [0.4, 0.5) is 0 Å². The Hall–Kier alpha value is -3.51. The van der Waals surface area contributed by atoms with Gasteiger partial charge in [-0.05, 0) is 31.2 Å². The number of phenols is 1. The molecule has 0 amide bonds. The molecule has 15 heteroatoms. The van der Waals surface area contributed by atoms with E-state index in [1.807, 2.05) is 0 Å². The monoisotopic (exact) mass is 622 g/mol. The molecule has 2 aromatic carbocycles. The first-order chi connectivity index (χ1) is 20.9. The Morgan fingerprint density at radius 1 is 0.795 bits per heavy atom. The number of aliphatic hydroxyl groups is 6. The van der Waals surface area contributed by atoms with Crippen molar-refractivity contribution >= 4 is 11.0 Å². The number of aromatic hydroxyl groups is 1. The van der Waals surface area contributed by atoms with Gasteiger partial charge >= 0.3 is 0 Å². The topological polar surface area (TPSA) is 227 Å². The van der Waals surface area contributed by atoms with Gasteiger partial charge < -0.3 is 68.6 Å². The van der Waals surface area contributed by atoms with Crippen LogP contribution in [-0.4, -0.2) is 118 Å². The first-order valence-electron chi connectivity index (χ1n) is 13.6. The van der Waals surface area contributed by atoms with E-state index in [-0.39, 0.29) is 28.2 Å². The standard InChI is InChI=1S/C29H34O15/c1-11-20(31)23(34)25(36)28(41-11)40-10-18-21(32)24(35)26(37)29(44-18)43-17-9-16-19(22(33)27(17)39-3)14(30)8-15(42-16)12-4-6-13(38-2)7-5-12/h4-9,11,18,20-21,23-26,28-29,31-37H,10H2,1-3H3. The third kappa shape index (κ3) is 5.93. The molecule has 0 spiro atoms. The largest absolute Gasteiger partial charge is 0.504 e. The fourth-order valence-corrected chi connectivity index (χ4v) is 5.06. The molecule has 2 aliphatic heterocycles. The van der Waals surface area contributed by atoms with Crippen molar-refractivity contribution in [2.75, 3.05) is 20.8 Å². The molecule has 2 aliphatic rings. The number of hydrogen-bond donors (Lipinski definition) is 7. The van der Waals surface area contributed by atoms with Crippen LogP contribution in [0.3, 0.4) is 0 Å². The van der Waals surface area contributed by atoms with Gasteiger partial charge in [-0.3, -0.25) is 4.79 Å². The van der Waals surface area contributed by atoms with Crippen molar-refractivity contribution in [3.63, 3.8) is 0 Å². The molecule has 44 heavy (non-hydrogen) atoms. The van der Waals surface area contributed by atoms with Gasteiger partial charge in [-0.2, -0.15) is 0 Å². The maximum absolute atomic E-state index is 13.0. The molecule has 10 unspecified atom stereocenters. The molecule has 3 aromatic rings. The Labute approximate surface area is 249 Å². The van der Waals surface area contributed by atoms with Gasteiger partial charge in [0.15, 0.2) is 23.2 Å². The van der Waals surface area contributed by atoms with Crippen molar-refractivity contribution in [1.29, 1.82) is 0 Å². The molecule has 0 radical (unpaired) electrons. The van der Waals surface area contributed by atoms with Gasteiger partial charge in [0.05, 0.1) is 26.9 Å². The van der Waals surface area contributed by atoms with Crippen LogP contribution in [0.2, 0.25) is 0 Å². The number of methoxy groups -OCH3 is 2. The molecule has 7 N–H and O–H groups in total. The summed E-state index contributed by atoms with van der Waals surface area (Å²) >= 11 is 0. The summed E-state index contributed by atoms with van der Waals surface area (Å²) in [4.78, 5) is 13.0. The second-order valence-electron chi connectivity index (χ2n) is 10.5. The smallest absolute Gasteiger partial charge is 0.229 e. The van der Waals surface area contributed by atoms with Crippen LogP contribution in [0, 0.1) is 0 Å². The molecule has 0 saturated carbocycles. The summed E-state index contributed by atoms with van der Waals surface area (Å²) in [6, 6.07) is 9.13. The Balaban J connectivity index is 1.41. The third-order valence-corrected chi connectivity index (χ3v) is 7.64. The summed E-state index contributed by atoms with van der Waals surface area (Å²) in [6.45, 7) is 0.947. The molecule has 2 saturated heterocycles. The maximum atomic E-state index is 13.0. The lowest BCUT2D eigenvalue weighted by molar-refractivity contribution is -0.318. The van der Waals surface area contributed by atoms with Crippen LogP contribution >= 0.6 is 0 Å². The molecule has 10 atom stereocenters. The van der Waals surface area contributed by atoms with Crippen LogP contribution in [0.25, 0.3) is 22.3 Å². The number of aliphatic hydroxyl groups excluding tert-OH is 6. The molecule has 15 nitrogen and oxygen atoms in total. The Morgan fingerprint density at radius 3 is 2.11 bits per heavy atom. The maximum Gasteiger partial charge on any atom is 0.229 e. The van der Waals surface area contributed by atoms with Crippen molar-refractivity contribution in [3.8, 4) is 34.3 Å². The summed E-state index contributed by atoms with van der Waals surface area (Å²) in [6.07, 6.45) is -15.2. The normalized spacial score (nSPS) is 32.4. The van der Waals surface area contributed by atoms with Gasteiger partial charge in [0, 0.05) is 17.7 Å². The zero-order chi connectivity index (χ0) is 31.9. The molecular formula is C29H34O15. The summed E-state index contributed by atoms with van der Waals surface area (Å²) in [5.41, 5.74) is -0.138. The molecule has 2 fully saturated rings. The van der Waals surface area contributed by atoms with Gasteiger partial charge in [0.1, 0.15) is 65.2 Å². The molecule has 3 heterocycles. The van der Waals surface area contributed by atoms with Crippen molar-refractivity contribution in [3.05, 3.63) is 46.6 Å². The predicted octanol–water partition coefficient (Wildman–Crippen LogP) is -0.787. The Morgan fingerprint density at radius 2 is 1.45 bits per heavy atom. The van der Waals surface area contributed by atoms with Gasteiger partial charge in [-0.15, -0.1) is 0 Å². The van der Waals surface area contributed by atoms with E-state index in [4.69, 9.17) is 32.8 Å². The molecule has 0 aliphatic carbocycles. The van der Waals surface area contributed by atoms with Crippen molar-refractivity contribution in [2.24, 2.45) is 0 Å². The highest BCUT2D eigenvalue weighted by Crippen LogP contribution is 2.43. The molecule has 240 valence electrons. The van der Waals surface area contributed by atoms with Gasteiger partial charge in [-0.25, -0.2) is 0 Å². The van der Waals surface area contributed by atoms with Crippen LogP contribution in [0.5, 0.6) is 23.0 Å². The Kier molecular flexibility index (Phi) is 9.31. The van der Waals surface area contributed by atoms with E-state index in [0.29, 0.717) is 11.3 Å². The highest BCUT2D eigenvalue weighted by atomic mass is 16.7. The number of phenolic OH excluding ortho intramolecular Hbond substituents is 1. The van der Waals surface area contributed by atoms with E-state index in [0.717, 1.165) is 0 Å².